The van der Waals surface area contributed by atoms with Crippen LogP contribution in [0, 0.1) is 0 Å². The molecule has 0 aliphatic carbocycles. The van der Waals surface area contributed by atoms with Gasteiger partial charge < -0.3 is 15.0 Å². The van der Waals surface area contributed by atoms with E-state index < -0.39 is 40.0 Å². The summed E-state index contributed by atoms with van der Waals surface area (Å²) < 4.78 is 32.4. The molecule has 1 N–H and O–H groups in total. The highest BCUT2D eigenvalue weighted by Crippen LogP contribution is 2.28. The molecule has 0 spiro atoms. The average molecular weight is 607 g/mol. The van der Waals surface area contributed by atoms with E-state index in [1.54, 1.807) is 61.5 Å². The fourth-order valence-corrected chi connectivity index (χ4v) is 5.20. The van der Waals surface area contributed by atoms with Gasteiger partial charge in [0.1, 0.15) is 24.1 Å². The number of hydrogen-bond donors (Lipinski definition) is 1. The lowest BCUT2D eigenvalue weighted by Crippen LogP contribution is -2.54. The molecular formula is C29H33Cl2N3O5S. The predicted octanol–water partition coefficient (Wildman–Crippen LogP) is 5.88. The maximum absolute atomic E-state index is 13.7. The summed E-state index contributed by atoms with van der Waals surface area (Å²) in [4.78, 5) is 28.1. The second kappa shape index (κ2) is 12.9. The van der Waals surface area contributed by atoms with Gasteiger partial charge in [0.05, 0.1) is 11.9 Å². The summed E-state index contributed by atoms with van der Waals surface area (Å²) in [7, 11) is -3.89. The predicted molar refractivity (Wildman–Crippen MR) is 160 cm³/mol. The Morgan fingerprint density at radius 3 is 1.98 bits per heavy atom. The van der Waals surface area contributed by atoms with Crippen LogP contribution in [0.3, 0.4) is 0 Å². The standard InChI is InChI=1S/C29H33Cl2N3O5S/c1-20(28(36)32-29(2,3)4)33(18-24-25(30)12-9-13-26(24)31)27(35)19-34(40(5,37)38)21-14-16-23(17-15-21)39-22-10-7-6-8-11-22/h6-17,20H,18-19H2,1-5H3,(H,32,36). The normalized spacial score (nSPS) is 12.4. The van der Waals surface area contributed by atoms with Crippen LogP contribution in [0.25, 0.3) is 0 Å². The summed E-state index contributed by atoms with van der Waals surface area (Å²) in [5.41, 5.74) is 0.159. The Bertz CT molecular complexity index is 1420. The van der Waals surface area contributed by atoms with E-state index in [0.717, 1.165) is 10.6 Å². The highest BCUT2D eigenvalue weighted by Gasteiger charge is 2.32. The summed E-state index contributed by atoms with van der Waals surface area (Å²) in [5.74, 6) is 0.110. The van der Waals surface area contributed by atoms with Crippen molar-refractivity contribution in [3.8, 4) is 11.5 Å². The molecule has 11 heteroatoms. The average Bonchev–Trinajstić information content (AvgIpc) is 2.86. The van der Waals surface area contributed by atoms with E-state index in [1.165, 1.54) is 4.90 Å². The van der Waals surface area contributed by atoms with Gasteiger partial charge in [0.2, 0.25) is 21.8 Å². The van der Waals surface area contributed by atoms with E-state index in [-0.39, 0.29) is 12.2 Å². The number of benzene rings is 3. The minimum atomic E-state index is -3.89. The first kappa shape index (κ1) is 31.3. The van der Waals surface area contributed by atoms with Gasteiger partial charge in [-0.1, -0.05) is 47.5 Å². The third kappa shape index (κ3) is 8.61. The summed E-state index contributed by atoms with van der Waals surface area (Å²) >= 11 is 12.7. The van der Waals surface area contributed by atoms with Crippen molar-refractivity contribution in [1.82, 2.24) is 10.2 Å². The number of para-hydroxylation sites is 1. The molecule has 0 aliphatic heterocycles. The molecule has 3 aromatic carbocycles. The highest BCUT2D eigenvalue weighted by molar-refractivity contribution is 7.92. The largest absolute Gasteiger partial charge is 0.457 e. The minimum absolute atomic E-state index is 0.0997. The SMILES string of the molecule is CC(C(=O)NC(C)(C)C)N(Cc1c(Cl)cccc1Cl)C(=O)CN(c1ccc(Oc2ccccc2)cc1)S(C)(=O)=O. The number of carbonyl (C=O) groups is 2. The molecule has 0 saturated carbocycles. The Labute approximate surface area is 245 Å². The van der Waals surface area contributed by atoms with Crippen LogP contribution in [0.5, 0.6) is 11.5 Å². The Hall–Kier alpha value is -3.27. The van der Waals surface area contributed by atoms with Crippen molar-refractivity contribution in [3.63, 3.8) is 0 Å². The van der Waals surface area contributed by atoms with Crippen LogP contribution < -0.4 is 14.4 Å². The van der Waals surface area contributed by atoms with Crippen molar-refractivity contribution in [2.45, 2.75) is 45.8 Å². The van der Waals surface area contributed by atoms with Gasteiger partial charge in [0.25, 0.3) is 0 Å². The Balaban J connectivity index is 1.91. The zero-order valence-corrected chi connectivity index (χ0v) is 25.3. The number of nitrogens with one attached hydrogen (secondary N) is 1. The Morgan fingerprint density at radius 2 is 1.45 bits per heavy atom. The number of carbonyl (C=O) groups excluding carboxylic acids is 2. The van der Waals surface area contributed by atoms with Crippen molar-refractivity contribution in [3.05, 3.63) is 88.4 Å². The molecule has 1 atom stereocenters. The molecule has 8 nitrogen and oxygen atoms in total. The first-order valence-corrected chi connectivity index (χ1v) is 15.1. The molecule has 40 heavy (non-hydrogen) atoms. The summed E-state index contributed by atoms with van der Waals surface area (Å²) in [6.07, 6.45) is 1.01. The molecule has 0 aromatic heterocycles. The monoisotopic (exact) mass is 605 g/mol. The maximum atomic E-state index is 13.7. The number of sulfonamides is 1. The fraction of sp³-hybridized carbons (Fsp3) is 0.310. The smallest absolute Gasteiger partial charge is 0.244 e. The molecule has 3 rings (SSSR count). The summed E-state index contributed by atoms with van der Waals surface area (Å²) in [6.45, 7) is 6.40. The molecule has 0 saturated heterocycles. The molecular weight excluding hydrogens is 573 g/mol. The van der Waals surface area contributed by atoms with Crippen LogP contribution >= 0.6 is 23.2 Å². The number of ether oxygens (including phenoxy) is 1. The zero-order chi connectivity index (χ0) is 29.7. The van der Waals surface area contributed by atoms with Crippen molar-refractivity contribution >= 4 is 50.7 Å². The molecule has 3 aromatic rings. The number of halogens is 2. The van der Waals surface area contributed by atoms with Crippen molar-refractivity contribution in [2.75, 3.05) is 17.1 Å². The van der Waals surface area contributed by atoms with Crippen LogP contribution in [0.4, 0.5) is 5.69 Å². The van der Waals surface area contributed by atoms with Gasteiger partial charge in [-0.25, -0.2) is 8.42 Å². The second-order valence-corrected chi connectivity index (χ2v) is 13.0. The molecule has 0 heterocycles. The van der Waals surface area contributed by atoms with Gasteiger partial charge in [0, 0.05) is 27.7 Å². The lowest BCUT2D eigenvalue weighted by atomic mass is 10.1. The second-order valence-electron chi connectivity index (χ2n) is 10.3. The van der Waals surface area contributed by atoms with Crippen LogP contribution in [-0.2, 0) is 26.2 Å². The van der Waals surface area contributed by atoms with Gasteiger partial charge in [-0.15, -0.1) is 0 Å². The number of amides is 2. The van der Waals surface area contributed by atoms with Crippen LogP contribution in [-0.4, -0.2) is 49.5 Å². The maximum Gasteiger partial charge on any atom is 0.244 e. The quantitative estimate of drug-likeness (QED) is 0.311. The molecule has 1 unspecified atom stereocenters. The van der Waals surface area contributed by atoms with E-state index in [2.05, 4.69) is 5.32 Å². The van der Waals surface area contributed by atoms with E-state index in [9.17, 15) is 18.0 Å². The topological polar surface area (TPSA) is 96.0 Å². The lowest BCUT2D eigenvalue weighted by Gasteiger charge is -2.33. The van der Waals surface area contributed by atoms with E-state index >= 15 is 0 Å². The summed E-state index contributed by atoms with van der Waals surface area (Å²) in [5, 5.41) is 3.51. The molecule has 0 bridgehead atoms. The molecule has 214 valence electrons. The van der Waals surface area contributed by atoms with Gasteiger partial charge in [-0.3, -0.25) is 13.9 Å². The first-order chi connectivity index (χ1) is 18.7. The first-order valence-electron chi connectivity index (χ1n) is 12.5. The number of rotatable bonds is 10. The van der Waals surface area contributed by atoms with Gasteiger partial charge >= 0.3 is 0 Å². The van der Waals surface area contributed by atoms with Crippen LogP contribution in [0.1, 0.15) is 33.3 Å². The zero-order valence-electron chi connectivity index (χ0n) is 23.0. The van der Waals surface area contributed by atoms with Crippen molar-refractivity contribution in [2.24, 2.45) is 0 Å². The lowest BCUT2D eigenvalue weighted by molar-refractivity contribution is -0.140. The van der Waals surface area contributed by atoms with Crippen LogP contribution in [0.2, 0.25) is 10.0 Å². The van der Waals surface area contributed by atoms with Gasteiger partial charge in [0.15, 0.2) is 0 Å². The number of hydrogen-bond acceptors (Lipinski definition) is 5. The van der Waals surface area contributed by atoms with Gasteiger partial charge in [-0.2, -0.15) is 0 Å². The molecule has 0 radical (unpaired) electrons. The summed E-state index contributed by atoms with van der Waals surface area (Å²) in [6, 6.07) is 19.5. The molecule has 0 aliphatic rings. The Kier molecular flexibility index (Phi) is 10.1. The Morgan fingerprint density at radius 1 is 0.900 bits per heavy atom. The van der Waals surface area contributed by atoms with E-state index in [4.69, 9.17) is 27.9 Å². The highest BCUT2D eigenvalue weighted by atomic mass is 35.5. The minimum Gasteiger partial charge on any atom is -0.457 e. The number of nitrogens with zero attached hydrogens (tertiary/aromatic N) is 2. The molecule has 0 fully saturated rings. The molecule has 2 amide bonds. The van der Waals surface area contributed by atoms with Gasteiger partial charge in [-0.05, 0) is 76.2 Å². The third-order valence-corrected chi connectivity index (χ3v) is 7.69. The van der Waals surface area contributed by atoms with E-state index in [1.807, 2.05) is 39.0 Å². The fourth-order valence-electron chi connectivity index (χ4n) is 3.83. The third-order valence-electron chi connectivity index (χ3n) is 5.84. The van der Waals surface area contributed by atoms with E-state index in [0.29, 0.717) is 27.1 Å². The van der Waals surface area contributed by atoms with Crippen LogP contribution in [0.15, 0.2) is 72.8 Å². The van der Waals surface area contributed by atoms with Crippen molar-refractivity contribution in [1.29, 1.82) is 0 Å². The van der Waals surface area contributed by atoms with Crippen molar-refractivity contribution < 1.29 is 22.7 Å². The number of anilines is 1.